The second-order valence-corrected chi connectivity index (χ2v) is 10.3. The molecule has 0 unspecified atom stereocenters. The fourth-order valence-electron chi connectivity index (χ4n) is 4.03. The maximum Gasteiger partial charge on any atom is 0.213 e. The van der Waals surface area contributed by atoms with Gasteiger partial charge in [-0.1, -0.05) is 37.3 Å². The molecule has 3 rings (SSSR count). The smallest absolute Gasteiger partial charge is 0.213 e. The van der Waals surface area contributed by atoms with Crippen LogP contribution in [0.25, 0.3) is 0 Å². The van der Waals surface area contributed by atoms with E-state index in [1.165, 1.54) is 11.8 Å². The molecule has 1 saturated heterocycles. The third-order valence-electron chi connectivity index (χ3n) is 5.55. The first-order chi connectivity index (χ1) is 13.8. The van der Waals surface area contributed by atoms with Gasteiger partial charge in [-0.05, 0) is 56.0 Å². The lowest BCUT2D eigenvalue weighted by Gasteiger charge is -2.31. The van der Waals surface area contributed by atoms with Crippen LogP contribution >= 0.6 is 12.4 Å². The standard InChI is InChI=1S/C23H32N2O3S.ClH/c1-4-28-23-7-5-6-22(24-23)21-12-14-25(15-13-21)16-19-8-10-20(11-9-19)18(2)17-29(3,26)27;/h5-11,18,21H,4,12-17H2,1-3H3;1H/t18-;/m0./s1. The number of sulfone groups is 1. The first kappa shape index (κ1) is 24.6. The van der Waals surface area contributed by atoms with Crippen LogP contribution in [-0.4, -0.2) is 50.0 Å². The summed E-state index contributed by atoms with van der Waals surface area (Å²) < 4.78 is 28.5. The molecule has 1 aliphatic rings. The van der Waals surface area contributed by atoms with Crippen molar-refractivity contribution in [2.45, 2.75) is 45.1 Å². The highest BCUT2D eigenvalue weighted by Crippen LogP contribution is 2.28. The molecule has 5 nitrogen and oxygen atoms in total. The van der Waals surface area contributed by atoms with E-state index >= 15 is 0 Å². The Labute approximate surface area is 187 Å². The van der Waals surface area contributed by atoms with Crippen molar-refractivity contribution in [3.8, 4) is 5.88 Å². The van der Waals surface area contributed by atoms with Crippen molar-refractivity contribution in [2.75, 3.05) is 31.7 Å². The molecule has 0 N–H and O–H groups in total. The first-order valence-electron chi connectivity index (χ1n) is 10.4. The fourth-order valence-corrected chi connectivity index (χ4v) is 5.13. The summed E-state index contributed by atoms with van der Waals surface area (Å²) in [6, 6.07) is 14.5. The quantitative estimate of drug-likeness (QED) is 0.593. The molecular formula is C23H33ClN2O3S. The number of hydrogen-bond donors (Lipinski definition) is 0. The van der Waals surface area contributed by atoms with Crippen LogP contribution in [0, 0.1) is 0 Å². The summed E-state index contributed by atoms with van der Waals surface area (Å²) in [6.45, 7) is 7.62. The zero-order valence-electron chi connectivity index (χ0n) is 18.1. The van der Waals surface area contributed by atoms with E-state index in [2.05, 4.69) is 40.2 Å². The van der Waals surface area contributed by atoms with Crippen molar-refractivity contribution in [1.82, 2.24) is 9.88 Å². The Morgan fingerprint density at radius 1 is 1.13 bits per heavy atom. The van der Waals surface area contributed by atoms with Gasteiger partial charge < -0.3 is 4.74 Å². The molecule has 30 heavy (non-hydrogen) atoms. The Morgan fingerprint density at radius 2 is 1.80 bits per heavy atom. The van der Waals surface area contributed by atoms with Gasteiger partial charge in [-0.25, -0.2) is 13.4 Å². The van der Waals surface area contributed by atoms with Crippen LogP contribution in [0.15, 0.2) is 42.5 Å². The van der Waals surface area contributed by atoms with Crippen LogP contribution in [0.4, 0.5) is 0 Å². The minimum atomic E-state index is -2.96. The predicted octanol–water partition coefficient (Wildman–Crippen LogP) is 4.43. The second-order valence-electron chi connectivity index (χ2n) is 8.12. The van der Waals surface area contributed by atoms with Crippen molar-refractivity contribution >= 4 is 22.2 Å². The SMILES string of the molecule is CCOc1cccc(C2CCN(Cc3ccc([C@@H](C)CS(C)(=O)=O)cc3)CC2)n1.Cl. The molecule has 0 aliphatic carbocycles. The predicted molar refractivity (Wildman–Crippen MR) is 124 cm³/mol. The summed E-state index contributed by atoms with van der Waals surface area (Å²) in [6.07, 6.45) is 3.50. The highest BCUT2D eigenvalue weighted by atomic mass is 35.5. The van der Waals surface area contributed by atoms with Crippen LogP contribution in [-0.2, 0) is 16.4 Å². The van der Waals surface area contributed by atoms with Gasteiger partial charge in [0.05, 0.1) is 12.4 Å². The van der Waals surface area contributed by atoms with E-state index in [0.717, 1.165) is 49.6 Å². The van der Waals surface area contributed by atoms with Crippen LogP contribution in [0.2, 0.25) is 0 Å². The topological polar surface area (TPSA) is 59.5 Å². The number of hydrogen-bond acceptors (Lipinski definition) is 5. The Bertz CT molecular complexity index is 895. The number of likely N-dealkylation sites (tertiary alicyclic amines) is 1. The van der Waals surface area contributed by atoms with E-state index in [1.807, 2.05) is 26.0 Å². The van der Waals surface area contributed by atoms with Crippen molar-refractivity contribution in [2.24, 2.45) is 0 Å². The third-order valence-corrected chi connectivity index (χ3v) is 6.66. The molecule has 2 heterocycles. The maximum atomic E-state index is 11.5. The van der Waals surface area contributed by atoms with E-state index in [9.17, 15) is 8.42 Å². The Balaban J connectivity index is 0.00000320. The molecule has 0 amide bonds. The molecule has 1 aromatic carbocycles. The molecule has 0 bridgehead atoms. The highest BCUT2D eigenvalue weighted by molar-refractivity contribution is 7.90. The van der Waals surface area contributed by atoms with Gasteiger partial charge in [-0.15, -0.1) is 12.4 Å². The normalized spacial score (nSPS) is 16.6. The van der Waals surface area contributed by atoms with Gasteiger partial charge in [0.15, 0.2) is 0 Å². The summed E-state index contributed by atoms with van der Waals surface area (Å²) in [7, 11) is -2.96. The van der Waals surface area contributed by atoms with Gasteiger partial charge in [0.2, 0.25) is 5.88 Å². The fraction of sp³-hybridized carbons (Fsp3) is 0.522. The van der Waals surface area contributed by atoms with E-state index < -0.39 is 9.84 Å². The molecule has 166 valence electrons. The van der Waals surface area contributed by atoms with Gasteiger partial charge >= 0.3 is 0 Å². The third kappa shape index (κ3) is 7.25. The van der Waals surface area contributed by atoms with Crippen LogP contribution in [0.3, 0.4) is 0 Å². The Kier molecular flexibility index (Phi) is 9.13. The number of halogens is 1. The Morgan fingerprint density at radius 3 is 2.40 bits per heavy atom. The zero-order valence-corrected chi connectivity index (χ0v) is 19.7. The number of piperidine rings is 1. The van der Waals surface area contributed by atoms with Crippen LogP contribution in [0.5, 0.6) is 5.88 Å². The molecule has 0 spiro atoms. The Hall–Kier alpha value is -1.63. The monoisotopic (exact) mass is 452 g/mol. The lowest BCUT2D eigenvalue weighted by Crippen LogP contribution is -2.32. The lowest BCUT2D eigenvalue weighted by atomic mass is 9.92. The number of nitrogens with zero attached hydrogens (tertiary/aromatic N) is 2. The molecule has 1 aliphatic heterocycles. The number of aromatic nitrogens is 1. The van der Waals surface area contributed by atoms with Crippen molar-refractivity contribution in [3.63, 3.8) is 0 Å². The summed E-state index contributed by atoms with van der Waals surface area (Å²) in [4.78, 5) is 7.15. The number of benzene rings is 1. The minimum Gasteiger partial charge on any atom is -0.478 e. The van der Waals surface area contributed by atoms with E-state index in [-0.39, 0.29) is 24.1 Å². The molecule has 1 aromatic heterocycles. The minimum absolute atomic E-state index is 0. The van der Waals surface area contributed by atoms with E-state index in [0.29, 0.717) is 12.5 Å². The summed E-state index contributed by atoms with van der Waals surface area (Å²) in [5.41, 5.74) is 3.49. The number of pyridine rings is 1. The lowest BCUT2D eigenvalue weighted by molar-refractivity contribution is 0.202. The van der Waals surface area contributed by atoms with E-state index in [4.69, 9.17) is 4.74 Å². The number of ether oxygens (including phenoxy) is 1. The average molecular weight is 453 g/mol. The van der Waals surface area contributed by atoms with Crippen LogP contribution in [0.1, 0.15) is 55.3 Å². The van der Waals surface area contributed by atoms with Crippen molar-refractivity contribution in [1.29, 1.82) is 0 Å². The van der Waals surface area contributed by atoms with Crippen molar-refractivity contribution in [3.05, 3.63) is 59.3 Å². The summed E-state index contributed by atoms with van der Waals surface area (Å²) >= 11 is 0. The van der Waals surface area contributed by atoms with Crippen molar-refractivity contribution < 1.29 is 13.2 Å². The second kappa shape index (κ2) is 11.1. The molecule has 0 radical (unpaired) electrons. The van der Waals surface area contributed by atoms with Gasteiger partial charge in [-0.3, -0.25) is 4.90 Å². The molecule has 1 fully saturated rings. The molecule has 7 heteroatoms. The van der Waals surface area contributed by atoms with Gasteiger partial charge in [0, 0.05) is 30.5 Å². The zero-order chi connectivity index (χ0) is 20.9. The molecular weight excluding hydrogens is 420 g/mol. The molecule has 2 aromatic rings. The van der Waals surface area contributed by atoms with Crippen LogP contribution < -0.4 is 4.74 Å². The molecule has 1 atom stereocenters. The summed E-state index contributed by atoms with van der Waals surface area (Å²) in [5, 5.41) is 0. The van der Waals surface area contributed by atoms with Gasteiger partial charge in [-0.2, -0.15) is 0 Å². The highest BCUT2D eigenvalue weighted by Gasteiger charge is 2.22. The largest absolute Gasteiger partial charge is 0.478 e. The van der Waals surface area contributed by atoms with Gasteiger partial charge in [0.25, 0.3) is 0 Å². The molecule has 0 saturated carbocycles. The maximum absolute atomic E-state index is 11.5. The van der Waals surface area contributed by atoms with E-state index in [1.54, 1.807) is 0 Å². The van der Waals surface area contributed by atoms with Gasteiger partial charge in [0.1, 0.15) is 9.84 Å². The first-order valence-corrected chi connectivity index (χ1v) is 12.5. The average Bonchev–Trinajstić information content (AvgIpc) is 2.68. The summed E-state index contributed by atoms with van der Waals surface area (Å²) in [5.74, 6) is 1.43. The number of rotatable bonds is 8.